The van der Waals surface area contributed by atoms with Crippen molar-refractivity contribution < 1.29 is 27.9 Å². The molecular weight excluding hydrogens is 441 g/mol. The number of rotatable bonds is 4. The van der Waals surface area contributed by atoms with Gasteiger partial charge in [0.2, 0.25) is 5.43 Å². The second-order valence-electron chi connectivity index (χ2n) is 7.90. The van der Waals surface area contributed by atoms with Gasteiger partial charge in [0.15, 0.2) is 11.4 Å². The van der Waals surface area contributed by atoms with Crippen molar-refractivity contribution in [2.24, 2.45) is 0 Å². The molecule has 0 radical (unpaired) electrons. The minimum absolute atomic E-state index is 0.161. The summed E-state index contributed by atoms with van der Waals surface area (Å²) in [7, 11) is 0. The number of amides is 2. The Morgan fingerprint density at radius 1 is 1.18 bits per heavy atom. The summed E-state index contributed by atoms with van der Waals surface area (Å²) in [5.74, 6) is -5.99. The van der Waals surface area contributed by atoms with Crippen LogP contribution in [0.5, 0.6) is 5.75 Å². The SMILES string of the molecule is CC[C@@H]1C=C[C@H](C)N2CN1n1cc(C(=O)NCc3c(F)cc(F)cc3F)c(=O)c(O)c1C2=O. The van der Waals surface area contributed by atoms with Crippen LogP contribution in [0.3, 0.4) is 0 Å². The third-order valence-corrected chi connectivity index (χ3v) is 5.88. The summed E-state index contributed by atoms with van der Waals surface area (Å²) >= 11 is 0. The molecule has 2 amide bonds. The molecule has 0 saturated carbocycles. The highest BCUT2D eigenvalue weighted by Gasteiger charge is 2.38. The standard InChI is InChI=1S/C22H21F3N4O4/c1-3-13-5-4-11(2)27-10-29(13)28-9-15(19(30)20(31)18(28)22(27)33)21(32)26-8-14-16(24)6-12(23)7-17(14)25/h4-7,9,11,13,31H,3,8,10H2,1-2H3,(H,26,32)/t11-,13+/m0/s1. The van der Waals surface area contributed by atoms with Crippen LogP contribution in [-0.2, 0) is 6.54 Å². The molecule has 2 atom stereocenters. The van der Waals surface area contributed by atoms with Crippen LogP contribution in [0.2, 0.25) is 0 Å². The minimum atomic E-state index is -1.19. The van der Waals surface area contributed by atoms with Gasteiger partial charge in [-0.1, -0.05) is 19.1 Å². The molecule has 0 aliphatic carbocycles. The van der Waals surface area contributed by atoms with E-state index in [2.05, 4.69) is 5.32 Å². The quantitative estimate of drug-likeness (QED) is 0.678. The Kier molecular flexibility index (Phi) is 5.64. The first kappa shape index (κ1) is 22.4. The van der Waals surface area contributed by atoms with E-state index in [9.17, 15) is 32.7 Å². The highest BCUT2D eigenvalue weighted by atomic mass is 19.1. The predicted octanol–water partition coefficient (Wildman–Crippen LogP) is 1.99. The monoisotopic (exact) mass is 462 g/mol. The zero-order valence-corrected chi connectivity index (χ0v) is 17.8. The zero-order valence-electron chi connectivity index (χ0n) is 17.8. The number of aromatic hydroxyl groups is 1. The predicted molar refractivity (Wildman–Crippen MR) is 112 cm³/mol. The van der Waals surface area contributed by atoms with Crippen LogP contribution < -0.4 is 15.8 Å². The van der Waals surface area contributed by atoms with Crippen LogP contribution in [0.4, 0.5) is 13.2 Å². The van der Waals surface area contributed by atoms with Crippen molar-refractivity contribution in [3.63, 3.8) is 0 Å². The van der Waals surface area contributed by atoms with E-state index in [1.807, 2.05) is 26.0 Å². The van der Waals surface area contributed by atoms with E-state index in [1.165, 1.54) is 9.58 Å². The summed E-state index contributed by atoms with van der Waals surface area (Å²) in [4.78, 5) is 39.9. The van der Waals surface area contributed by atoms with Crippen molar-refractivity contribution in [1.29, 1.82) is 0 Å². The second kappa shape index (κ2) is 8.30. The fourth-order valence-electron chi connectivity index (χ4n) is 4.00. The van der Waals surface area contributed by atoms with E-state index in [-0.39, 0.29) is 24.4 Å². The maximum atomic E-state index is 13.9. The van der Waals surface area contributed by atoms with Gasteiger partial charge >= 0.3 is 0 Å². The first-order chi connectivity index (χ1) is 15.6. The molecule has 0 unspecified atom stereocenters. The third-order valence-electron chi connectivity index (χ3n) is 5.88. The van der Waals surface area contributed by atoms with Crippen molar-refractivity contribution in [3.05, 3.63) is 75.0 Å². The molecule has 2 aromatic rings. The van der Waals surface area contributed by atoms with Gasteiger partial charge < -0.3 is 15.3 Å². The summed E-state index contributed by atoms with van der Waals surface area (Å²) < 4.78 is 42.1. The van der Waals surface area contributed by atoms with Gasteiger partial charge in [-0.15, -0.1) is 0 Å². The topological polar surface area (TPSA) is 94.9 Å². The summed E-state index contributed by atoms with van der Waals surface area (Å²) in [5.41, 5.74) is -2.47. The molecule has 0 fully saturated rings. The van der Waals surface area contributed by atoms with Crippen LogP contribution in [-0.4, -0.2) is 45.2 Å². The summed E-state index contributed by atoms with van der Waals surface area (Å²) in [6.07, 6.45) is 5.53. The van der Waals surface area contributed by atoms with E-state index in [0.29, 0.717) is 18.6 Å². The highest BCUT2D eigenvalue weighted by molar-refractivity contribution is 5.99. The molecule has 1 aromatic heterocycles. The van der Waals surface area contributed by atoms with Gasteiger partial charge in [0.05, 0.1) is 6.04 Å². The van der Waals surface area contributed by atoms with Crippen LogP contribution >= 0.6 is 0 Å². The van der Waals surface area contributed by atoms with Crippen LogP contribution in [0.15, 0.2) is 35.3 Å². The molecule has 3 heterocycles. The largest absolute Gasteiger partial charge is 0.502 e. The number of halogens is 3. The third kappa shape index (κ3) is 3.73. The van der Waals surface area contributed by atoms with Gasteiger partial charge in [-0.3, -0.25) is 24.1 Å². The van der Waals surface area contributed by atoms with Crippen LogP contribution in [0.25, 0.3) is 0 Å². The van der Waals surface area contributed by atoms with Gasteiger partial charge in [0.1, 0.15) is 29.7 Å². The number of nitrogens with one attached hydrogen (secondary N) is 1. The number of hydrogen-bond donors (Lipinski definition) is 2. The van der Waals surface area contributed by atoms with E-state index >= 15 is 0 Å². The minimum Gasteiger partial charge on any atom is -0.502 e. The number of pyridine rings is 1. The molecule has 2 aliphatic heterocycles. The smallest absolute Gasteiger partial charge is 0.278 e. The Labute approximate surface area is 186 Å². The normalized spacial score (nSPS) is 19.4. The van der Waals surface area contributed by atoms with Crippen molar-refractivity contribution in [2.45, 2.75) is 38.9 Å². The Bertz CT molecular complexity index is 1220. The Balaban J connectivity index is 1.72. The lowest BCUT2D eigenvalue weighted by Crippen LogP contribution is -2.58. The maximum absolute atomic E-state index is 13.9. The molecule has 33 heavy (non-hydrogen) atoms. The van der Waals surface area contributed by atoms with E-state index in [0.717, 1.165) is 6.20 Å². The molecule has 8 nitrogen and oxygen atoms in total. The fourth-order valence-corrected chi connectivity index (χ4v) is 4.00. The number of hydrogen-bond acceptors (Lipinski definition) is 5. The van der Waals surface area contributed by atoms with Gasteiger partial charge in [0.25, 0.3) is 11.8 Å². The van der Waals surface area contributed by atoms with E-state index in [1.54, 1.807) is 5.01 Å². The molecule has 4 rings (SSSR count). The first-order valence-electron chi connectivity index (χ1n) is 10.3. The molecule has 0 spiro atoms. The van der Waals surface area contributed by atoms with Crippen LogP contribution in [0, 0.1) is 17.5 Å². The van der Waals surface area contributed by atoms with Gasteiger partial charge in [-0.25, -0.2) is 13.2 Å². The van der Waals surface area contributed by atoms with Crippen molar-refractivity contribution >= 4 is 11.8 Å². The lowest BCUT2D eigenvalue weighted by Gasteiger charge is -2.42. The number of carbonyl (C=O) groups is 2. The number of benzene rings is 1. The average molecular weight is 462 g/mol. The summed E-state index contributed by atoms with van der Waals surface area (Å²) in [6.45, 7) is 3.24. The number of nitrogens with zero attached hydrogens (tertiary/aromatic N) is 3. The van der Waals surface area contributed by atoms with Gasteiger partial charge in [-0.05, 0) is 13.3 Å². The van der Waals surface area contributed by atoms with Crippen molar-refractivity contribution in [3.8, 4) is 5.75 Å². The maximum Gasteiger partial charge on any atom is 0.278 e. The molecule has 0 saturated heterocycles. The molecule has 2 aliphatic rings. The summed E-state index contributed by atoms with van der Waals surface area (Å²) in [5, 5.41) is 14.5. The molecule has 2 bridgehead atoms. The molecule has 1 aromatic carbocycles. The van der Waals surface area contributed by atoms with Crippen LogP contribution in [0.1, 0.15) is 46.7 Å². The van der Waals surface area contributed by atoms with Crippen molar-refractivity contribution in [2.75, 3.05) is 11.7 Å². The average Bonchev–Trinajstić information content (AvgIpc) is 2.90. The highest BCUT2D eigenvalue weighted by Crippen LogP contribution is 2.27. The lowest BCUT2D eigenvalue weighted by molar-refractivity contribution is 0.0650. The van der Waals surface area contributed by atoms with E-state index in [4.69, 9.17) is 0 Å². The molecule has 11 heteroatoms. The molecule has 2 N–H and O–H groups in total. The van der Waals surface area contributed by atoms with Gasteiger partial charge in [0, 0.05) is 36.5 Å². The van der Waals surface area contributed by atoms with Crippen molar-refractivity contribution in [1.82, 2.24) is 14.9 Å². The Morgan fingerprint density at radius 2 is 1.85 bits per heavy atom. The Morgan fingerprint density at radius 3 is 2.48 bits per heavy atom. The molecule has 174 valence electrons. The van der Waals surface area contributed by atoms with E-state index < -0.39 is 58.1 Å². The zero-order chi connectivity index (χ0) is 24.0. The summed E-state index contributed by atoms with van der Waals surface area (Å²) in [6, 6.07) is 0.480. The first-order valence-corrected chi connectivity index (χ1v) is 10.3. The fraction of sp³-hybridized carbons (Fsp3) is 0.318. The lowest BCUT2D eigenvalue weighted by atomic mass is 10.1. The Hall–Kier alpha value is -3.76. The van der Waals surface area contributed by atoms with Gasteiger partial charge in [-0.2, -0.15) is 0 Å². The molecular formula is C22H21F3N4O4. The number of carbonyl (C=O) groups excluding carboxylic acids is 2. The number of aromatic nitrogens is 1. The number of fused-ring (bicyclic) bond motifs is 4. The second-order valence-corrected chi connectivity index (χ2v) is 7.90.